The normalized spacial score (nSPS) is 38.0. The fourth-order valence-corrected chi connectivity index (χ4v) is 4.07. The molecule has 2 N–H and O–H groups in total. The first-order valence-corrected chi connectivity index (χ1v) is 7.62. The Kier molecular flexibility index (Phi) is 4.22. The third-order valence-corrected chi connectivity index (χ3v) is 5.53. The molecule has 4 atom stereocenters. The number of carboxylic acid groups (broad SMARTS) is 1. The summed E-state index contributed by atoms with van der Waals surface area (Å²) in [6.07, 6.45) is 2.39. The molecule has 0 saturated heterocycles. The molecule has 0 aromatic rings. The van der Waals surface area contributed by atoms with Crippen LogP contribution in [0.5, 0.6) is 0 Å². The summed E-state index contributed by atoms with van der Waals surface area (Å²) in [7, 11) is 0. The molecule has 2 fully saturated rings. The third-order valence-electron chi connectivity index (χ3n) is 5.53. The van der Waals surface area contributed by atoms with Crippen molar-refractivity contribution in [2.45, 2.75) is 57.7 Å². The van der Waals surface area contributed by atoms with Crippen molar-refractivity contribution >= 4 is 11.9 Å². The van der Waals surface area contributed by atoms with Gasteiger partial charge in [-0.05, 0) is 43.6 Å². The number of carbonyl (C=O) groups excluding carboxylic acids is 1. The molecule has 5 heteroatoms. The quantitative estimate of drug-likeness (QED) is 0.475. The van der Waals surface area contributed by atoms with Crippen LogP contribution in [0.25, 0.3) is 0 Å². The van der Waals surface area contributed by atoms with Gasteiger partial charge in [0, 0.05) is 17.9 Å². The lowest BCUT2D eigenvalue weighted by Gasteiger charge is -2.57. The van der Waals surface area contributed by atoms with Gasteiger partial charge >= 0.3 is 11.9 Å². The van der Waals surface area contributed by atoms with E-state index < -0.39 is 35.0 Å². The van der Waals surface area contributed by atoms with Crippen molar-refractivity contribution in [3.05, 3.63) is 24.3 Å². The van der Waals surface area contributed by atoms with Crippen molar-refractivity contribution < 1.29 is 24.5 Å². The van der Waals surface area contributed by atoms with E-state index in [9.17, 15) is 19.8 Å². The van der Waals surface area contributed by atoms with Crippen LogP contribution in [0, 0.1) is 11.3 Å². The lowest BCUT2D eigenvalue weighted by Crippen LogP contribution is -2.61. The molecule has 2 rings (SSSR count). The number of hydrogen-bond donors (Lipinski definition) is 2. The van der Waals surface area contributed by atoms with E-state index in [1.807, 2.05) is 6.92 Å². The second-order valence-electron chi connectivity index (χ2n) is 6.80. The Labute approximate surface area is 130 Å². The second-order valence-corrected chi connectivity index (χ2v) is 6.80. The Morgan fingerprint density at radius 3 is 2.59 bits per heavy atom. The van der Waals surface area contributed by atoms with Crippen LogP contribution in [0.3, 0.4) is 0 Å². The minimum absolute atomic E-state index is 0.0472. The standard InChI is InChI=1S/C17H24O5/c1-10-6-5-7-16(4)14(22-12(3)18)8-13(9-17(10,16)21)11(2)15(19)20/h13-14,21H,1-2,5-9H2,3-4H3,(H,19,20)/t13-,14+,16-,17-/m1/s1. The Balaban J connectivity index is 2.43. The molecule has 2 saturated carbocycles. The van der Waals surface area contributed by atoms with E-state index in [1.165, 1.54) is 6.92 Å². The number of hydrogen-bond acceptors (Lipinski definition) is 4. The number of esters is 1. The average Bonchev–Trinajstić information content (AvgIpc) is 2.41. The molecule has 22 heavy (non-hydrogen) atoms. The molecule has 0 spiro atoms. The Morgan fingerprint density at radius 2 is 2.05 bits per heavy atom. The van der Waals surface area contributed by atoms with Crippen molar-refractivity contribution in [2.24, 2.45) is 11.3 Å². The highest BCUT2D eigenvalue weighted by Gasteiger charge is 2.60. The van der Waals surface area contributed by atoms with Gasteiger partial charge in [-0.15, -0.1) is 0 Å². The van der Waals surface area contributed by atoms with E-state index in [1.54, 1.807) is 0 Å². The summed E-state index contributed by atoms with van der Waals surface area (Å²) in [5.41, 5.74) is -1.12. The van der Waals surface area contributed by atoms with Gasteiger partial charge in [0.05, 0.1) is 5.60 Å². The first-order valence-electron chi connectivity index (χ1n) is 7.62. The van der Waals surface area contributed by atoms with Gasteiger partial charge in [0.2, 0.25) is 0 Å². The molecule has 0 bridgehead atoms. The maximum absolute atomic E-state index is 11.5. The van der Waals surface area contributed by atoms with E-state index in [-0.39, 0.29) is 12.0 Å². The van der Waals surface area contributed by atoms with Crippen molar-refractivity contribution in [1.82, 2.24) is 0 Å². The van der Waals surface area contributed by atoms with Crippen molar-refractivity contribution in [3.63, 3.8) is 0 Å². The van der Waals surface area contributed by atoms with Gasteiger partial charge in [-0.25, -0.2) is 4.79 Å². The molecule has 122 valence electrons. The van der Waals surface area contributed by atoms with E-state index >= 15 is 0 Å². The number of aliphatic hydroxyl groups is 1. The molecule has 0 aromatic heterocycles. The van der Waals surface area contributed by atoms with Gasteiger partial charge in [0.25, 0.3) is 0 Å². The number of carboxylic acids is 1. The first kappa shape index (κ1) is 16.7. The molecule has 0 aliphatic heterocycles. The van der Waals surface area contributed by atoms with E-state index in [2.05, 4.69) is 13.2 Å². The molecule has 0 heterocycles. The van der Waals surface area contributed by atoms with Gasteiger partial charge in [-0.1, -0.05) is 20.1 Å². The largest absolute Gasteiger partial charge is 0.478 e. The molecular formula is C17H24O5. The SMILES string of the molecule is C=C(C(=O)O)[C@@H]1C[C@H](OC(C)=O)[C@@]2(C)CCCC(=C)[C@]2(O)C1. The van der Waals surface area contributed by atoms with Gasteiger partial charge in [0.15, 0.2) is 0 Å². The zero-order valence-corrected chi connectivity index (χ0v) is 13.2. The van der Waals surface area contributed by atoms with Gasteiger partial charge < -0.3 is 14.9 Å². The molecule has 0 aromatic carbocycles. The topological polar surface area (TPSA) is 83.8 Å². The smallest absolute Gasteiger partial charge is 0.331 e. The summed E-state index contributed by atoms with van der Waals surface area (Å²) in [6.45, 7) is 10.9. The Bertz CT molecular complexity index is 537. The van der Waals surface area contributed by atoms with Crippen LogP contribution in [0.15, 0.2) is 24.3 Å². The summed E-state index contributed by atoms with van der Waals surface area (Å²) in [5.74, 6) is -1.94. The number of fused-ring (bicyclic) bond motifs is 1. The molecule has 2 aliphatic rings. The summed E-state index contributed by atoms with van der Waals surface area (Å²) in [5, 5.41) is 20.5. The van der Waals surface area contributed by atoms with E-state index in [0.29, 0.717) is 24.8 Å². The lowest BCUT2D eigenvalue weighted by molar-refractivity contribution is -0.193. The van der Waals surface area contributed by atoms with Crippen molar-refractivity contribution in [2.75, 3.05) is 0 Å². The van der Waals surface area contributed by atoms with Crippen LogP contribution < -0.4 is 0 Å². The van der Waals surface area contributed by atoms with Gasteiger partial charge in [-0.3, -0.25) is 4.79 Å². The van der Waals surface area contributed by atoms with Crippen LogP contribution in [0.2, 0.25) is 0 Å². The minimum Gasteiger partial charge on any atom is -0.478 e. The predicted molar refractivity (Wildman–Crippen MR) is 81.1 cm³/mol. The Hall–Kier alpha value is -1.62. The fraction of sp³-hybridized carbons (Fsp3) is 0.647. The zero-order chi connectivity index (χ0) is 16.7. The maximum Gasteiger partial charge on any atom is 0.331 e. The highest BCUT2D eigenvalue weighted by atomic mass is 16.5. The first-order chi connectivity index (χ1) is 10.1. The number of aliphatic carboxylic acids is 1. The lowest BCUT2D eigenvalue weighted by atomic mass is 9.52. The molecule has 2 aliphatic carbocycles. The van der Waals surface area contributed by atoms with Crippen LogP contribution in [0.4, 0.5) is 0 Å². The second kappa shape index (κ2) is 5.54. The number of ether oxygens (including phenoxy) is 1. The molecular weight excluding hydrogens is 284 g/mol. The van der Waals surface area contributed by atoms with Crippen LogP contribution in [0.1, 0.15) is 46.0 Å². The van der Waals surface area contributed by atoms with Crippen LogP contribution in [-0.4, -0.2) is 33.9 Å². The summed E-state index contributed by atoms with van der Waals surface area (Å²) >= 11 is 0. The monoisotopic (exact) mass is 308 g/mol. The summed E-state index contributed by atoms with van der Waals surface area (Å²) in [4.78, 5) is 22.7. The number of carbonyl (C=O) groups is 2. The average molecular weight is 308 g/mol. The molecule has 0 radical (unpaired) electrons. The molecule has 0 unspecified atom stereocenters. The summed E-state index contributed by atoms with van der Waals surface area (Å²) in [6, 6.07) is 0. The molecule has 0 amide bonds. The van der Waals surface area contributed by atoms with Crippen LogP contribution >= 0.6 is 0 Å². The highest BCUT2D eigenvalue weighted by molar-refractivity contribution is 5.86. The number of rotatable bonds is 3. The fourth-order valence-electron chi connectivity index (χ4n) is 4.07. The maximum atomic E-state index is 11.5. The molecule has 5 nitrogen and oxygen atoms in total. The predicted octanol–water partition coefficient (Wildman–Crippen LogP) is 2.45. The van der Waals surface area contributed by atoms with E-state index in [4.69, 9.17) is 4.74 Å². The van der Waals surface area contributed by atoms with Crippen LogP contribution in [-0.2, 0) is 14.3 Å². The third kappa shape index (κ3) is 2.47. The summed E-state index contributed by atoms with van der Waals surface area (Å²) < 4.78 is 5.46. The van der Waals surface area contributed by atoms with Crippen molar-refractivity contribution in [3.8, 4) is 0 Å². The Morgan fingerprint density at radius 1 is 1.41 bits per heavy atom. The highest BCUT2D eigenvalue weighted by Crippen LogP contribution is 2.57. The minimum atomic E-state index is -1.23. The van der Waals surface area contributed by atoms with Crippen molar-refractivity contribution in [1.29, 1.82) is 0 Å². The van der Waals surface area contributed by atoms with Gasteiger partial charge in [0.1, 0.15) is 6.10 Å². The van der Waals surface area contributed by atoms with Gasteiger partial charge in [-0.2, -0.15) is 0 Å². The van der Waals surface area contributed by atoms with E-state index in [0.717, 1.165) is 6.42 Å². The zero-order valence-electron chi connectivity index (χ0n) is 13.2.